The Labute approximate surface area is 124 Å². The minimum absolute atomic E-state index is 0.595. The summed E-state index contributed by atoms with van der Waals surface area (Å²) in [6.45, 7) is 2.45. The summed E-state index contributed by atoms with van der Waals surface area (Å²) in [5.74, 6) is 0.794. The first-order valence-electron chi connectivity index (χ1n) is 6.84. The van der Waals surface area contributed by atoms with E-state index in [-0.39, 0.29) is 0 Å². The van der Waals surface area contributed by atoms with E-state index in [1.165, 1.54) is 0 Å². The van der Waals surface area contributed by atoms with Crippen LogP contribution in [-0.4, -0.2) is 54.4 Å². The van der Waals surface area contributed by atoms with Crippen LogP contribution in [0.1, 0.15) is 18.5 Å². The largest absolute Gasteiger partial charge is 0.388 e. The molecule has 1 aromatic rings. The minimum atomic E-state index is -0.667. The van der Waals surface area contributed by atoms with E-state index >= 15 is 0 Å². The molecule has 1 aliphatic rings. The predicted molar refractivity (Wildman–Crippen MR) is 80.1 cm³/mol. The van der Waals surface area contributed by atoms with Gasteiger partial charge >= 0.3 is 0 Å². The molecule has 1 fully saturated rings. The Bertz CT molecular complexity index is 450. The van der Waals surface area contributed by atoms with Crippen molar-refractivity contribution in [3.63, 3.8) is 0 Å². The molecule has 0 amide bonds. The van der Waals surface area contributed by atoms with Gasteiger partial charge in [-0.25, -0.2) is 4.98 Å². The van der Waals surface area contributed by atoms with Crippen molar-refractivity contribution in [1.29, 1.82) is 0 Å². The third-order valence-corrected chi connectivity index (χ3v) is 3.93. The summed E-state index contributed by atoms with van der Waals surface area (Å²) in [7, 11) is 3.80. The summed E-state index contributed by atoms with van der Waals surface area (Å²) >= 11 is 6.18. The van der Waals surface area contributed by atoms with Crippen LogP contribution in [0.5, 0.6) is 0 Å². The van der Waals surface area contributed by atoms with Gasteiger partial charge in [-0.3, -0.25) is 4.90 Å². The van der Waals surface area contributed by atoms with E-state index in [0.717, 1.165) is 11.5 Å². The molecule has 2 rings (SSSR count). The summed E-state index contributed by atoms with van der Waals surface area (Å²) in [5, 5.41) is 14.2. The number of nitrogens with one attached hydrogen (secondary N) is 1. The first kappa shape index (κ1) is 15.5. The van der Waals surface area contributed by atoms with Gasteiger partial charge in [0.2, 0.25) is 0 Å². The predicted octanol–water partition coefficient (Wildman–Crippen LogP) is 1.75. The van der Waals surface area contributed by atoms with Crippen molar-refractivity contribution in [3.8, 4) is 0 Å². The second-order valence-electron chi connectivity index (χ2n) is 5.38. The highest BCUT2D eigenvalue weighted by Gasteiger charge is 2.31. The van der Waals surface area contributed by atoms with Crippen LogP contribution >= 0.6 is 11.6 Å². The maximum absolute atomic E-state index is 10.5. The topological polar surface area (TPSA) is 57.6 Å². The van der Waals surface area contributed by atoms with Crippen molar-refractivity contribution in [2.45, 2.75) is 25.0 Å². The van der Waals surface area contributed by atoms with Crippen molar-refractivity contribution in [3.05, 3.63) is 22.8 Å². The number of nitrogens with zero attached hydrogens (tertiary/aromatic N) is 2. The molecule has 2 heterocycles. The number of hydrogen-bond donors (Lipinski definition) is 2. The van der Waals surface area contributed by atoms with Crippen LogP contribution in [0.2, 0.25) is 5.02 Å². The molecule has 6 heteroatoms. The van der Waals surface area contributed by atoms with Gasteiger partial charge in [0, 0.05) is 46.2 Å². The lowest BCUT2D eigenvalue weighted by Crippen LogP contribution is -2.45. The average molecular weight is 300 g/mol. The lowest BCUT2D eigenvalue weighted by Gasteiger charge is -2.35. The summed E-state index contributed by atoms with van der Waals surface area (Å²) in [6, 6.07) is 3.69. The van der Waals surface area contributed by atoms with Gasteiger partial charge in [0.1, 0.15) is 5.82 Å². The molecule has 1 aromatic heterocycles. The molecule has 20 heavy (non-hydrogen) atoms. The molecule has 1 saturated heterocycles. The zero-order chi connectivity index (χ0) is 14.6. The van der Waals surface area contributed by atoms with E-state index in [1.54, 1.807) is 0 Å². The summed E-state index contributed by atoms with van der Waals surface area (Å²) < 4.78 is 5.29. The second-order valence-corrected chi connectivity index (χ2v) is 5.79. The van der Waals surface area contributed by atoms with Crippen LogP contribution in [-0.2, 0) is 11.3 Å². The Kier molecular flexibility index (Phi) is 5.21. The molecule has 1 aliphatic heterocycles. The van der Waals surface area contributed by atoms with Gasteiger partial charge in [0.05, 0.1) is 16.3 Å². The molecule has 0 aromatic carbocycles. The van der Waals surface area contributed by atoms with Gasteiger partial charge in [-0.2, -0.15) is 0 Å². The molecule has 0 unspecified atom stereocenters. The standard InChI is InChI=1S/C14H22ClN3O2/c1-16-13-4-3-11(15)12(17-13)9-18(2)10-14(19)5-7-20-8-6-14/h3-4,19H,5-10H2,1-2H3,(H,16,17). The molecule has 0 radical (unpaired) electrons. The first-order chi connectivity index (χ1) is 9.52. The monoisotopic (exact) mass is 299 g/mol. The molecule has 0 spiro atoms. The minimum Gasteiger partial charge on any atom is -0.388 e. The van der Waals surface area contributed by atoms with Gasteiger partial charge < -0.3 is 15.2 Å². The highest BCUT2D eigenvalue weighted by molar-refractivity contribution is 6.31. The summed E-state index contributed by atoms with van der Waals surface area (Å²) in [5.41, 5.74) is 0.150. The number of halogens is 1. The molecular formula is C14H22ClN3O2. The molecule has 5 nitrogen and oxygen atoms in total. The number of anilines is 1. The van der Waals surface area contributed by atoms with Crippen LogP contribution < -0.4 is 5.32 Å². The molecule has 0 aliphatic carbocycles. The van der Waals surface area contributed by atoms with E-state index in [0.29, 0.717) is 44.2 Å². The molecule has 0 saturated carbocycles. The average Bonchev–Trinajstić information content (AvgIpc) is 2.41. The van der Waals surface area contributed by atoms with E-state index < -0.39 is 5.60 Å². The maximum atomic E-state index is 10.5. The maximum Gasteiger partial charge on any atom is 0.126 e. The smallest absolute Gasteiger partial charge is 0.126 e. The lowest BCUT2D eigenvalue weighted by molar-refractivity contribution is -0.0778. The van der Waals surface area contributed by atoms with Crippen LogP contribution in [0.25, 0.3) is 0 Å². The third kappa shape index (κ3) is 4.06. The Morgan fingerprint density at radius 2 is 2.15 bits per heavy atom. The van der Waals surface area contributed by atoms with Crippen molar-refractivity contribution in [2.24, 2.45) is 0 Å². The number of ether oxygens (including phenoxy) is 1. The molecule has 112 valence electrons. The van der Waals surface area contributed by atoms with E-state index in [9.17, 15) is 5.11 Å². The van der Waals surface area contributed by atoms with E-state index in [4.69, 9.17) is 16.3 Å². The Morgan fingerprint density at radius 3 is 2.80 bits per heavy atom. The Hall–Kier alpha value is -0.880. The molecule has 2 N–H and O–H groups in total. The number of likely N-dealkylation sites (N-methyl/N-ethyl adjacent to an activating group) is 1. The number of pyridine rings is 1. The summed E-state index contributed by atoms with van der Waals surface area (Å²) in [6.07, 6.45) is 1.35. The fraction of sp³-hybridized carbons (Fsp3) is 0.643. The van der Waals surface area contributed by atoms with Gasteiger partial charge in [-0.15, -0.1) is 0 Å². The van der Waals surface area contributed by atoms with Crippen molar-refractivity contribution in [1.82, 2.24) is 9.88 Å². The number of aliphatic hydroxyl groups is 1. The van der Waals surface area contributed by atoms with Crippen LogP contribution in [0, 0.1) is 0 Å². The van der Waals surface area contributed by atoms with Crippen molar-refractivity contribution in [2.75, 3.05) is 39.2 Å². The molecule has 0 bridgehead atoms. The normalized spacial score (nSPS) is 18.2. The van der Waals surface area contributed by atoms with Gasteiger partial charge in [-0.1, -0.05) is 11.6 Å². The third-order valence-electron chi connectivity index (χ3n) is 3.58. The van der Waals surface area contributed by atoms with E-state index in [1.807, 2.05) is 26.2 Å². The Balaban J connectivity index is 1.98. The van der Waals surface area contributed by atoms with Crippen LogP contribution in [0.4, 0.5) is 5.82 Å². The fourth-order valence-electron chi connectivity index (χ4n) is 2.46. The number of rotatable bonds is 5. The Morgan fingerprint density at radius 1 is 1.45 bits per heavy atom. The SMILES string of the molecule is CNc1ccc(Cl)c(CN(C)CC2(O)CCOCC2)n1. The highest BCUT2D eigenvalue weighted by Crippen LogP contribution is 2.23. The van der Waals surface area contributed by atoms with Crippen LogP contribution in [0.3, 0.4) is 0 Å². The number of hydrogen-bond acceptors (Lipinski definition) is 5. The quantitative estimate of drug-likeness (QED) is 0.867. The van der Waals surface area contributed by atoms with Gasteiger partial charge in [0.25, 0.3) is 0 Å². The zero-order valence-electron chi connectivity index (χ0n) is 12.0. The zero-order valence-corrected chi connectivity index (χ0v) is 12.8. The molecular weight excluding hydrogens is 278 g/mol. The molecule has 0 atom stereocenters. The van der Waals surface area contributed by atoms with Crippen molar-refractivity contribution >= 4 is 17.4 Å². The van der Waals surface area contributed by atoms with Gasteiger partial charge in [0.15, 0.2) is 0 Å². The first-order valence-corrected chi connectivity index (χ1v) is 7.22. The fourth-order valence-corrected chi connectivity index (χ4v) is 2.62. The number of aromatic nitrogens is 1. The summed E-state index contributed by atoms with van der Waals surface area (Å²) in [4.78, 5) is 6.51. The van der Waals surface area contributed by atoms with Crippen molar-refractivity contribution < 1.29 is 9.84 Å². The van der Waals surface area contributed by atoms with Crippen LogP contribution in [0.15, 0.2) is 12.1 Å². The lowest BCUT2D eigenvalue weighted by atomic mass is 9.94. The highest BCUT2D eigenvalue weighted by atomic mass is 35.5. The van der Waals surface area contributed by atoms with Gasteiger partial charge in [-0.05, 0) is 19.2 Å². The second kappa shape index (κ2) is 6.72. The van der Waals surface area contributed by atoms with E-state index in [2.05, 4.69) is 15.2 Å².